The van der Waals surface area contributed by atoms with Gasteiger partial charge in [-0.15, -0.1) is 11.3 Å². The molecule has 1 atom stereocenters. The van der Waals surface area contributed by atoms with Crippen molar-refractivity contribution in [1.82, 2.24) is 10.3 Å². The molecule has 0 fully saturated rings. The van der Waals surface area contributed by atoms with E-state index in [4.69, 9.17) is 5.73 Å². The number of benzene rings is 1. The van der Waals surface area contributed by atoms with Crippen LogP contribution in [0.1, 0.15) is 35.7 Å². The summed E-state index contributed by atoms with van der Waals surface area (Å²) in [7, 11) is 0. The molecule has 1 aromatic heterocycles. The van der Waals surface area contributed by atoms with E-state index in [0.717, 1.165) is 28.4 Å². The highest BCUT2D eigenvalue weighted by molar-refractivity contribution is 7.09. The molecule has 0 spiro atoms. The second-order valence-electron chi connectivity index (χ2n) is 4.86. The highest BCUT2D eigenvalue weighted by atomic mass is 32.1. The maximum atomic E-state index is 11.9. The first-order chi connectivity index (χ1) is 9.54. The van der Waals surface area contributed by atoms with Crippen LogP contribution in [0.15, 0.2) is 29.6 Å². The molecule has 1 amide bonds. The van der Waals surface area contributed by atoms with E-state index < -0.39 is 0 Å². The van der Waals surface area contributed by atoms with Gasteiger partial charge in [0.1, 0.15) is 5.01 Å². The normalized spacial score (nSPS) is 12.1. The zero-order valence-electron chi connectivity index (χ0n) is 11.7. The van der Waals surface area contributed by atoms with Gasteiger partial charge in [-0.1, -0.05) is 12.1 Å². The molecular formula is C15H19N3OS. The molecule has 20 heavy (non-hydrogen) atoms. The highest BCUT2D eigenvalue weighted by Gasteiger charge is 2.12. The SMILES string of the molecule is Cc1csc(C(C)NC(=O)CCc2ccc(N)cc2)n1. The van der Waals surface area contributed by atoms with Gasteiger partial charge in [0, 0.05) is 23.2 Å². The molecular weight excluding hydrogens is 270 g/mol. The van der Waals surface area contributed by atoms with Crippen LogP contribution in [0.2, 0.25) is 0 Å². The number of aromatic nitrogens is 1. The fourth-order valence-electron chi connectivity index (χ4n) is 1.89. The molecule has 2 aromatic rings. The summed E-state index contributed by atoms with van der Waals surface area (Å²) < 4.78 is 0. The largest absolute Gasteiger partial charge is 0.399 e. The zero-order valence-corrected chi connectivity index (χ0v) is 12.5. The smallest absolute Gasteiger partial charge is 0.220 e. The van der Waals surface area contributed by atoms with Crippen molar-refractivity contribution in [2.24, 2.45) is 0 Å². The molecule has 106 valence electrons. The van der Waals surface area contributed by atoms with E-state index in [-0.39, 0.29) is 11.9 Å². The summed E-state index contributed by atoms with van der Waals surface area (Å²) in [5, 5.41) is 5.92. The molecule has 0 aliphatic rings. The predicted molar refractivity (Wildman–Crippen MR) is 82.6 cm³/mol. The van der Waals surface area contributed by atoms with Crippen molar-refractivity contribution in [3.63, 3.8) is 0 Å². The lowest BCUT2D eigenvalue weighted by atomic mass is 10.1. The van der Waals surface area contributed by atoms with E-state index in [1.165, 1.54) is 0 Å². The van der Waals surface area contributed by atoms with Gasteiger partial charge in [0.25, 0.3) is 0 Å². The van der Waals surface area contributed by atoms with Gasteiger partial charge in [0.15, 0.2) is 0 Å². The lowest BCUT2D eigenvalue weighted by molar-refractivity contribution is -0.121. The molecule has 3 N–H and O–H groups in total. The zero-order chi connectivity index (χ0) is 14.5. The fraction of sp³-hybridized carbons (Fsp3) is 0.333. The Hall–Kier alpha value is -1.88. The molecule has 0 saturated carbocycles. The molecule has 1 unspecified atom stereocenters. The minimum Gasteiger partial charge on any atom is -0.399 e. The van der Waals surface area contributed by atoms with Crippen molar-refractivity contribution >= 4 is 22.9 Å². The van der Waals surface area contributed by atoms with Crippen molar-refractivity contribution in [2.45, 2.75) is 32.7 Å². The average Bonchev–Trinajstić information content (AvgIpc) is 2.85. The van der Waals surface area contributed by atoms with Crippen molar-refractivity contribution < 1.29 is 4.79 Å². The van der Waals surface area contributed by atoms with Gasteiger partial charge in [-0.3, -0.25) is 4.79 Å². The molecule has 0 bridgehead atoms. The first-order valence-electron chi connectivity index (χ1n) is 6.60. The summed E-state index contributed by atoms with van der Waals surface area (Å²) in [6.07, 6.45) is 1.19. The molecule has 1 aromatic carbocycles. The Morgan fingerprint density at radius 1 is 1.40 bits per heavy atom. The van der Waals surface area contributed by atoms with Gasteiger partial charge in [-0.05, 0) is 38.0 Å². The van der Waals surface area contributed by atoms with Gasteiger partial charge in [0.2, 0.25) is 5.91 Å². The van der Waals surface area contributed by atoms with Crippen molar-refractivity contribution in [3.05, 3.63) is 45.9 Å². The number of anilines is 1. The third-order valence-electron chi connectivity index (χ3n) is 3.01. The van der Waals surface area contributed by atoms with Crippen LogP contribution < -0.4 is 11.1 Å². The number of amides is 1. The Bertz CT molecular complexity index is 577. The van der Waals surface area contributed by atoms with Crippen LogP contribution in [0.25, 0.3) is 0 Å². The number of carbonyl (C=O) groups is 1. The Kier molecular flexibility index (Phi) is 4.74. The third kappa shape index (κ3) is 4.06. The molecule has 5 heteroatoms. The number of thiazole rings is 1. The molecule has 2 rings (SSSR count). The van der Waals surface area contributed by atoms with Gasteiger partial charge in [-0.25, -0.2) is 4.98 Å². The predicted octanol–water partition coefficient (Wildman–Crippen LogP) is 2.84. The molecule has 0 aliphatic carbocycles. The second kappa shape index (κ2) is 6.52. The fourth-order valence-corrected chi connectivity index (χ4v) is 2.69. The minimum absolute atomic E-state index is 0.0346. The second-order valence-corrected chi connectivity index (χ2v) is 5.75. The Morgan fingerprint density at radius 3 is 2.70 bits per heavy atom. The number of hydrogen-bond acceptors (Lipinski definition) is 4. The molecule has 0 saturated heterocycles. The summed E-state index contributed by atoms with van der Waals surface area (Å²) in [4.78, 5) is 16.3. The van der Waals surface area contributed by atoms with Gasteiger partial charge in [0.05, 0.1) is 6.04 Å². The lowest BCUT2D eigenvalue weighted by Crippen LogP contribution is -2.26. The van der Waals surface area contributed by atoms with Crippen molar-refractivity contribution in [3.8, 4) is 0 Å². The van der Waals surface area contributed by atoms with Crippen molar-refractivity contribution in [1.29, 1.82) is 0 Å². The first-order valence-corrected chi connectivity index (χ1v) is 7.48. The number of nitrogens with zero attached hydrogens (tertiary/aromatic N) is 1. The van der Waals surface area contributed by atoms with E-state index in [1.807, 2.05) is 43.5 Å². The van der Waals surface area contributed by atoms with E-state index in [1.54, 1.807) is 11.3 Å². The topological polar surface area (TPSA) is 68.0 Å². The van der Waals surface area contributed by atoms with Crippen LogP contribution in [0.4, 0.5) is 5.69 Å². The van der Waals surface area contributed by atoms with Gasteiger partial charge < -0.3 is 11.1 Å². The number of carbonyl (C=O) groups excluding carboxylic acids is 1. The Labute approximate surface area is 123 Å². The number of hydrogen-bond donors (Lipinski definition) is 2. The number of rotatable bonds is 5. The number of aryl methyl sites for hydroxylation is 2. The summed E-state index contributed by atoms with van der Waals surface area (Å²) in [6.45, 7) is 3.91. The lowest BCUT2D eigenvalue weighted by Gasteiger charge is -2.11. The highest BCUT2D eigenvalue weighted by Crippen LogP contribution is 2.17. The van der Waals surface area contributed by atoms with Gasteiger partial charge >= 0.3 is 0 Å². The summed E-state index contributed by atoms with van der Waals surface area (Å²) >= 11 is 1.58. The maximum absolute atomic E-state index is 11.9. The summed E-state index contributed by atoms with van der Waals surface area (Å²) in [5.41, 5.74) is 8.48. The van der Waals surface area contributed by atoms with Gasteiger partial charge in [-0.2, -0.15) is 0 Å². The van der Waals surface area contributed by atoms with Crippen LogP contribution in [-0.4, -0.2) is 10.9 Å². The molecule has 4 nitrogen and oxygen atoms in total. The minimum atomic E-state index is -0.0346. The maximum Gasteiger partial charge on any atom is 0.220 e. The van der Waals surface area contributed by atoms with Crippen LogP contribution in [0, 0.1) is 6.92 Å². The monoisotopic (exact) mass is 289 g/mol. The molecule has 1 heterocycles. The van der Waals surface area contributed by atoms with E-state index >= 15 is 0 Å². The van der Waals surface area contributed by atoms with Crippen LogP contribution in [-0.2, 0) is 11.2 Å². The standard InChI is InChI=1S/C15H19N3OS/c1-10-9-20-15(17-10)11(2)18-14(19)8-5-12-3-6-13(16)7-4-12/h3-4,6-7,9,11H,5,8,16H2,1-2H3,(H,18,19). The van der Waals surface area contributed by atoms with E-state index in [0.29, 0.717) is 6.42 Å². The Morgan fingerprint density at radius 2 is 2.10 bits per heavy atom. The van der Waals surface area contributed by atoms with Crippen LogP contribution >= 0.6 is 11.3 Å². The first kappa shape index (κ1) is 14.5. The average molecular weight is 289 g/mol. The molecule has 0 aliphatic heterocycles. The quantitative estimate of drug-likeness (QED) is 0.832. The number of nitrogens with one attached hydrogen (secondary N) is 1. The summed E-state index contributed by atoms with van der Waals surface area (Å²) in [6, 6.07) is 7.59. The third-order valence-corrected chi connectivity index (χ3v) is 4.15. The van der Waals surface area contributed by atoms with Crippen LogP contribution in [0.3, 0.4) is 0 Å². The van der Waals surface area contributed by atoms with Crippen molar-refractivity contribution in [2.75, 3.05) is 5.73 Å². The molecule has 0 radical (unpaired) electrons. The van der Waals surface area contributed by atoms with E-state index in [9.17, 15) is 4.79 Å². The number of nitrogen functional groups attached to an aromatic ring is 1. The number of nitrogens with two attached hydrogens (primary N) is 1. The summed E-state index contributed by atoms with van der Waals surface area (Å²) in [5.74, 6) is 0.0437. The Balaban J connectivity index is 1.82. The van der Waals surface area contributed by atoms with Crippen LogP contribution in [0.5, 0.6) is 0 Å². The van der Waals surface area contributed by atoms with E-state index in [2.05, 4.69) is 10.3 Å².